The second kappa shape index (κ2) is 6.37. The standard InChI is InChI=1S/C21H16N2O3/c1-14-19(15-8-4-2-5-9-15)22-23(18-13-12-17(26-18)21(24)25)20(14)16-10-6-3-7-11-16/h2-13H,1H3,(H,24,25). The third-order valence-corrected chi connectivity index (χ3v) is 4.23. The highest BCUT2D eigenvalue weighted by molar-refractivity contribution is 5.84. The van der Waals surface area contributed by atoms with Gasteiger partial charge >= 0.3 is 5.97 Å². The van der Waals surface area contributed by atoms with Crippen LogP contribution in [0.25, 0.3) is 28.4 Å². The number of carbonyl (C=O) groups is 1. The van der Waals surface area contributed by atoms with Gasteiger partial charge in [-0.15, -0.1) is 0 Å². The minimum Gasteiger partial charge on any atom is -0.475 e. The molecule has 0 aliphatic heterocycles. The van der Waals surface area contributed by atoms with E-state index in [0.717, 1.165) is 28.1 Å². The number of aromatic carboxylic acids is 1. The first kappa shape index (κ1) is 15.9. The van der Waals surface area contributed by atoms with Crippen LogP contribution in [0.2, 0.25) is 0 Å². The maximum atomic E-state index is 11.2. The Kier molecular flexibility index (Phi) is 3.89. The maximum absolute atomic E-state index is 11.2. The first-order chi connectivity index (χ1) is 12.6. The molecule has 0 unspecified atom stereocenters. The Morgan fingerprint density at radius 1 is 0.923 bits per heavy atom. The molecule has 0 aliphatic rings. The average molecular weight is 344 g/mol. The lowest BCUT2D eigenvalue weighted by atomic mass is 10.0. The molecule has 4 rings (SSSR count). The van der Waals surface area contributed by atoms with E-state index in [4.69, 9.17) is 14.6 Å². The van der Waals surface area contributed by atoms with Crippen molar-refractivity contribution in [2.45, 2.75) is 6.92 Å². The second-order valence-electron chi connectivity index (χ2n) is 5.91. The number of rotatable bonds is 4. The van der Waals surface area contributed by atoms with Crippen molar-refractivity contribution in [3.05, 3.63) is 84.1 Å². The van der Waals surface area contributed by atoms with Crippen LogP contribution in [0.3, 0.4) is 0 Å². The lowest BCUT2D eigenvalue weighted by Crippen LogP contribution is -1.99. The number of carboxylic acids is 1. The second-order valence-corrected chi connectivity index (χ2v) is 5.91. The molecule has 0 saturated heterocycles. The van der Waals surface area contributed by atoms with Crippen LogP contribution in [-0.2, 0) is 0 Å². The van der Waals surface area contributed by atoms with E-state index in [0.29, 0.717) is 5.88 Å². The summed E-state index contributed by atoms with van der Waals surface area (Å²) in [6, 6.07) is 22.8. The van der Waals surface area contributed by atoms with E-state index < -0.39 is 5.97 Å². The molecular weight excluding hydrogens is 328 g/mol. The summed E-state index contributed by atoms with van der Waals surface area (Å²) >= 11 is 0. The van der Waals surface area contributed by atoms with Gasteiger partial charge in [0.25, 0.3) is 0 Å². The molecule has 5 nitrogen and oxygen atoms in total. The van der Waals surface area contributed by atoms with Crippen LogP contribution < -0.4 is 0 Å². The van der Waals surface area contributed by atoms with Crippen LogP contribution in [0.15, 0.2) is 77.2 Å². The van der Waals surface area contributed by atoms with Crippen LogP contribution in [-0.4, -0.2) is 20.9 Å². The summed E-state index contributed by atoms with van der Waals surface area (Å²) in [5.41, 5.74) is 4.67. The Balaban J connectivity index is 1.96. The van der Waals surface area contributed by atoms with Crippen LogP contribution in [0.5, 0.6) is 0 Å². The van der Waals surface area contributed by atoms with Gasteiger partial charge in [-0.2, -0.15) is 9.78 Å². The highest BCUT2D eigenvalue weighted by Crippen LogP contribution is 2.33. The quantitative estimate of drug-likeness (QED) is 0.577. The fourth-order valence-electron chi connectivity index (χ4n) is 3.02. The Morgan fingerprint density at radius 2 is 1.54 bits per heavy atom. The molecule has 0 fully saturated rings. The van der Waals surface area contributed by atoms with Gasteiger partial charge in [-0.1, -0.05) is 60.7 Å². The summed E-state index contributed by atoms with van der Waals surface area (Å²) in [6.45, 7) is 2.01. The molecular formula is C21H16N2O3. The lowest BCUT2D eigenvalue weighted by Gasteiger charge is -2.05. The third kappa shape index (κ3) is 2.69. The molecule has 0 radical (unpaired) electrons. The van der Waals surface area contributed by atoms with Crippen molar-refractivity contribution in [1.29, 1.82) is 0 Å². The number of carboxylic acid groups (broad SMARTS) is 1. The molecule has 1 N–H and O–H groups in total. The predicted molar refractivity (Wildman–Crippen MR) is 98.4 cm³/mol. The highest BCUT2D eigenvalue weighted by Gasteiger charge is 2.21. The molecule has 0 spiro atoms. The molecule has 128 valence electrons. The molecule has 0 aliphatic carbocycles. The zero-order valence-electron chi connectivity index (χ0n) is 14.1. The molecule has 0 amide bonds. The van der Waals surface area contributed by atoms with Gasteiger partial charge in [0.2, 0.25) is 11.6 Å². The largest absolute Gasteiger partial charge is 0.475 e. The SMILES string of the molecule is Cc1c(-c2ccccc2)nn(-c2ccc(C(=O)O)o2)c1-c1ccccc1. The van der Waals surface area contributed by atoms with Crippen molar-refractivity contribution in [3.63, 3.8) is 0 Å². The van der Waals surface area contributed by atoms with E-state index >= 15 is 0 Å². The first-order valence-electron chi connectivity index (χ1n) is 8.19. The van der Waals surface area contributed by atoms with Gasteiger partial charge in [0.05, 0.1) is 11.4 Å². The van der Waals surface area contributed by atoms with Gasteiger partial charge in [-0.25, -0.2) is 4.79 Å². The van der Waals surface area contributed by atoms with Gasteiger partial charge < -0.3 is 9.52 Å². The van der Waals surface area contributed by atoms with Crippen molar-refractivity contribution in [2.24, 2.45) is 0 Å². The van der Waals surface area contributed by atoms with Crippen molar-refractivity contribution in [1.82, 2.24) is 9.78 Å². The Labute approximate surface area is 150 Å². The topological polar surface area (TPSA) is 68.3 Å². The maximum Gasteiger partial charge on any atom is 0.371 e. The normalized spacial score (nSPS) is 10.8. The molecule has 0 atom stereocenters. The highest BCUT2D eigenvalue weighted by atomic mass is 16.4. The van der Waals surface area contributed by atoms with Crippen LogP contribution in [0, 0.1) is 6.92 Å². The minimum absolute atomic E-state index is 0.117. The predicted octanol–water partition coefficient (Wildman–Crippen LogP) is 4.81. The van der Waals surface area contributed by atoms with Gasteiger partial charge in [0, 0.05) is 22.8 Å². The van der Waals surface area contributed by atoms with Crippen molar-refractivity contribution in [3.8, 4) is 28.4 Å². The lowest BCUT2D eigenvalue weighted by molar-refractivity contribution is 0.0662. The molecule has 4 aromatic rings. The first-order valence-corrected chi connectivity index (χ1v) is 8.19. The van der Waals surface area contributed by atoms with Gasteiger partial charge in [-0.05, 0) is 13.0 Å². The molecule has 26 heavy (non-hydrogen) atoms. The molecule has 2 aromatic heterocycles. The summed E-state index contributed by atoms with van der Waals surface area (Å²) in [5, 5.41) is 13.9. The van der Waals surface area contributed by atoms with E-state index in [1.807, 2.05) is 67.6 Å². The van der Waals surface area contributed by atoms with Gasteiger partial charge in [0.1, 0.15) is 0 Å². The number of benzene rings is 2. The summed E-state index contributed by atoms with van der Waals surface area (Å²) in [7, 11) is 0. The number of aromatic nitrogens is 2. The van der Waals surface area contributed by atoms with Crippen molar-refractivity contribution < 1.29 is 14.3 Å². The number of nitrogens with zero attached hydrogens (tertiary/aromatic N) is 2. The van der Waals surface area contributed by atoms with E-state index in [1.165, 1.54) is 6.07 Å². The minimum atomic E-state index is -1.11. The molecule has 0 bridgehead atoms. The average Bonchev–Trinajstić information content (AvgIpc) is 3.28. The van der Waals surface area contributed by atoms with Crippen molar-refractivity contribution >= 4 is 5.97 Å². The summed E-state index contributed by atoms with van der Waals surface area (Å²) in [5.74, 6) is -0.857. The zero-order valence-corrected chi connectivity index (χ0v) is 14.1. The summed E-state index contributed by atoms with van der Waals surface area (Å²) in [6.07, 6.45) is 0. The molecule has 5 heteroatoms. The van der Waals surface area contributed by atoms with Crippen LogP contribution in [0.4, 0.5) is 0 Å². The smallest absolute Gasteiger partial charge is 0.371 e. The summed E-state index contributed by atoms with van der Waals surface area (Å²) < 4.78 is 7.16. The Bertz CT molecular complexity index is 1060. The van der Waals surface area contributed by atoms with E-state index in [1.54, 1.807) is 10.7 Å². The van der Waals surface area contributed by atoms with Crippen LogP contribution >= 0.6 is 0 Å². The van der Waals surface area contributed by atoms with E-state index in [2.05, 4.69) is 0 Å². The monoisotopic (exact) mass is 344 g/mol. The molecule has 2 aromatic carbocycles. The van der Waals surface area contributed by atoms with Crippen molar-refractivity contribution in [2.75, 3.05) is 0 Å². The third-order valence-electron chi connectivity index (χ3n) is 4.23. The fraction of sp³-hybridized carbons (Fsp3) is 0.0476. The summed E-state index contributed by atoms with van der Waals surface area (Å²) in [4.78, 5) is 11.2. The van der Waals surface area contributed by atoms with E-state index in [-0.39, 0.29) is 5.76 Å². The fourth-order valence-corrected chi connectivity index (χ4v) is 3.02. The molecule has 0 saturated carbocycles. The Hall–Kier alpha value is -3.60. The molecule has 2 heterocycles. The Morgan fingerprint density at radius 3 is 2.12 bits per heavy atom. The zero-order chi connectivity index (χ0) is 18.1. The van der Waals surface area contributed by atoms with Crippen LogP contribution in [0.1, 0.15) is 16.1 Å². The number of furan rings is 1. The van der Waals surface area contributed by atoms with Gasteiger partial charge in [-0.3, -0.25) is 0 Å². The van der Waals surface area contributed by atoms with Gasteiger partial charge in [0.15, 0.2) is 0 Å². The van der Waals surface area contributed by atoms with E-state index in [9.17, 15) is 4.79 Å². The number of hydrogen-bond acceptors (Lipinski definition) is 3. The number of hydrogen-bond donors (Lipinski definition) is 1.